The molecule has 2 radical (unpaired) electrons. The van der Waals surface area contributed by atoms with E-state index in [2.05, 4.69) is 5.32 Å². The molecule has 1 unspecified atom stereocenters. The maximum absolute atomic E-state index is 11.6. The number of carbonyl (C=O) groups excluding carboxylic acids is 2. The fourth-order valence-corrected chi connectivity index (χ4v) is 1.55. The van der Waals surface area contributed by atoms with Gasteiger partial charge < -0.3 is 14.8 Å². The highest BCUT2D eigenvalue weighted by molar-refractivity contribution is 6.57. The quantitative estimate of drug-likeness (QED) is 0.587. The van der Waals surface area contributed by atoms with E-state index in [9.17, 15) is 9.59 Å². The zero-order valence-corrected chi connectivity index (χ0v) is 10.8. The molecule has 1 atom stereocenters. The highest BCUT2D eigenvalue weighted by Crippen LogP contribution is 2.03. The fourth-order valence-electron chi connectivity index (χ4n) is 1.55. The van der Waals surface area contributed by atoms with Crippen molar-refractivity contribution in [2.24, 2.45) is 0 Å². The third kappa shape index (κ3) is 6.62. The average molecular weight is 261 g/mol. The zero-order valence-electron chi connectivity index (χ0n) is 10.8. The molecule has 0 spiro atoms. The Morgan fingerprint density at radius 2 is 2.00 bits per heavy atom. The van der Waals surface area contributed by atoms with E-state index in [1.807, 2.05) is 30.3 Å². The summed E-state index contributed by atoms with van der Waals surface area (Å²) in [6, 6.07) is 8.86. The summed E-state index contributed by atoms with van der Waals surface area (Å²) in [7, 11) is 6.48. The molecule has 5 nitrogen and oxygen atoms in total. The predicted molar refractivity (Wildman–Crippen MR) is 70.8 cm³/mol. The van der Waals surface area contributed by atoms with Gasteiger partial charge in [0, 0.05) is 7.11 Å². The largest absolute Gasteiger partial charge is 0.461 e. The fraction of sp³-hybridized carbons (Fsp3) is 0.385. The number of esters is 1. The van der Waals surface area contributed by atoms with Crippen LogP contribution in [0.15, 0.2) is 30.3 Å². The number of benzene rings is 1. The van der Waals surface area contributed by atoms with Crippen LogP contribution in [0, 0.1) is 0 Å². The molecular weight excluding hydrogens is 245 g/mol. The molecule has 1 aromatic carbocycles. The van der Waals surface area contributed by atoms with Crippen LogP contribution in [0.2, 0.25) is 0 Å². The molecule has 0 bridgehead atoms. The normalized spacial score (nSPS) is 11.6. The summed E-state index contributed by atoms with van der Waals surface area (Å²) in [6.07, 6.45) is 0.0175. The van der Waals surface area contributed by atoms with Crippen LogP contribution in [0.25, 0.3) is 0 Å². The van der Waals surface area contributed by atoms with Gasteiger partial charge >= 0.3 is 5.97 Å². The third-order valence-electron chi connectivity index (χ3n) is 2.37. The van der Waals surface area contributed by atoms with E-state index in [1.54, 1.807) is 0 Å². The minimum Gasteiger partial charge on any atom is -0.461 e. The second-order valence-corrected chi connectivity index (χ2v) is 4.01. The van der Waals surface area contributed by atoms with Gasteiger partial charge in [0.25, 0.3) is 0 Å². The minimum atomic E-state index is -0.696. The smallest absolute Gasteiger partial charge is 0.308 e. The first kappa shape index (κ1) is 15.2. The summed E-state index contributed by atoms with van der Waals surface area (Å²) >= 11 is 0. The molecular formula is C13H16BNO4. The lowest BCUT2D eigenvalue weighted by Crippen LogP contribution is -2.39. The summed E-state index contributed by atoms with van der Waals surface area (Å²) in [5, 5.41) is 2.42. The summed E-state index contributed by atoms with van der Waals surface area (Å²) in [5.41, 5.74) is 0.905. The Bertz CT molecular complexity index is 410. The molecule has 0 heterocycles. The second-order valence-electron chi connectivity index (χ2n) is 4.01. The number of carbonyl (C=O) groups is 2. The maximum atomic E-state index is 11.6. The second kappa shape index (κ2) is 8.32. The Labute approximate surface area is 113 Å². The van der Waals surface area contributed by atoms with Gasteiger partial charge in [-0.25, -0.2) is 0 Å². The van der Waals surface area contributed by atoms with Gasteiger partial charge in [-0.3, -0.25) is 9.59 Å². The summed E-state index contributed by atoms with van der Waals surface area (Å²) in [4.78, 5) is 22.4. The summed E-state index contributed by atoms with van der Waals surface area (Å²) in [5.74, 6) is -1.11. The van der Waals surface area contributed by atoms with Crippen molar-refractivity contribution in [3.05, 3.63) is 35.9 Å². The van der Waals surface area contributed by atoms with E-state index in [-0.39, 0.29) is 19.6 Å². The highest BCUT2D eigenvalue weighted by Gasteiger charge is 2.15. The van der Waals surface area contributed by atoms with Gasteiger partial charge in [0.2, 0.25) is 7.85 Å². The van der Waals surface area contributed by atoms with E-state index in [0.717, 1.165) is 5.56 Å². The molecule has 1 rings (SSSR count). The number of methoxy groups -OCH3 is 1. The van der Waals surface area contributed by atoms with Gasteiger partial charge in [-0.15, -0.1) is 0 Å². The van der Waals surface area contributed by atoms with Crippen LogP contribution in [-0.4, -0.2) is 39.4 Å². The van der Waals surface area contributed by atoms with Crippen LogP contribution in [-0.2, 0) is 20.9 Å². The van der Waals surface area contributed by atoms with Crippen molar-refractivity contribution >= 4 is 19.6 Å². The summed E-state index contributed by atoms with van der Waals surface area (Å²) in [6.45, 7) is 0.402. The molecule has 6 heteroatoms. The molecule has 0 saturated heterocycles. The van der Waals surface area contributed by atoms with Crippen molar-refractivity contribution in [3.63, 3.8) is 0 Å². The van der Waals surface area contributed by atoms with Crippen LogP contribution in [0.1, 0.15) is 12.0 Å². The van der Waals surface area contributed by atoms with Crippen LogP contribution in [0.4, 0.5) is 4.79 Å². The van der Waals surface area contributed by atoms with Gasteiger partial charge in [-0.05, 0) is 5.56 Å². The SMILES string of the molecule is [B]C(=O)NC(COC)CC(=O)OCc1ccccc1. The van der Waals surface area contributed by atoms with Gasteiger partial charge in [0.1, 0.15) is 6.61 Å². The van der Waals surface area contributed by atoms with Gasteiger partial charge in [0.15, 0.2) is 5.81 Å². The van der Waals surface area contributed by atoms with Gasteiger partial charge in [-0.2, -0.15) is 0 Å². The van der Waals surface area contributed by atoms with Crippen LogP contribution in [0.3, 0.4) is 0 Å². The van der Waals surface area contributed by atoms with Crippen molar-refractivity contribution in [2.45, 2.75) is 19.1 Å². The van der Waals surface area contributed by atoms with Crippen LogP contribution < -0.4 is 5.32 Å². The van der Waals surface area contributed by atoms with E-state index < -0.39 is 17.8 Å². The molecule has 0 aromatic heterocycles. The Kier molecular flexibility index (Phi) is 6.67. The predicted octanol–water partition coefficient (Wildman–Crippen LogP) is 1.01. The highest BCUT2D eigenvalue weighted by atomic mass is 16.5. The molecule has 0 aliphatic carbocycles. The molecule has 1 aromatic rings. The Hall–Kier alpha value is -1.82. The van der Waals surface area contributed by atoms with E-state index in [1.165, 1.54) is 7.11 Å². The number of hydrogen-bond donors (Lipinski definition) is 1. The average Bonchev–Trinajstić information content (AvgIpc) is 2.37. The lowest BCUT2D eigenvalue weighted by Gasteiger charge is -2.16. The minimum absolute atomic E-state index is 0.0175. The topological polar surface area (TPSA) is 64.6 Å². The first-order valence-electron chi connectivity index (χ1n) is 5.86. The maximum Gasteiger partial charge on any atom is 0.308 e. The van der Waals surface area contributed by atoms with Crippen molar-refractivity contribution in [2.75, 3.05) is 13.7 Å². The standard InChI is InChI=1S/C13H16BNO4/c1-18-9-11(15-13(14)17)7-12(16)19-8-10-5-3-2-4-6-10/h2-6,11H,7-9H2,1H3,(H,15,17). The van der Waals surface area contributed by atoms with Crippen molar-refractivity contribution in [1.29, 1.82) is 0 Å². The van der Waals surface area contributed by atoms with Crippen molar-refractivity contribution in [1.82, 2.24) is 5.32 Å². The number of hydrogen-bond acceptors (Lipinski definition) is 4. The van der Waals surface area contributed by atoms with Crippen LogP contribution in [0.5, 0.6) is 0 Å². The molecule has 0 aliphatic rings. The van der Waals surface area contributed by atoms with Crippen molar-refractivity contribution < 1.29 is 19.1 Å². The zero-order chi connectivity index (χ0) is 14.1. The van der Waals surface area contributed by atoms with E-state index in [0.29, 0.717) is 0 Å². The first-order valence-corrected chi connectivity index (χ1v) is 5.86. The molecule has 0 saturated carbocycles. The van der Waals surface area contributed by atoms with Gasteiger partial charge in [-0.1, -0.05) is 30.3 Å². The molecule has 100 valence electrons. The Morgan fingerprint density at radius 3 is 2.58 bits per heavy atom. The molecule has 0 fully saturated rings. The molecule has 1 N–H and O–H groups in total. The lowest BCUT2D eigenvalue weighted by molar-refractivity contribution is -0.145. The number of rotatable bonds is 7. The number of ether oxygens (including phenoxy) is 2. The molecule has 0 aliphatic heterocycles. The third-order valence-corrected chi connectivity index (χ3v) is 2.37. The molecule has 1 amide bonds. The molecule has 19 heavy (non-hydrogen) atoms. The lowest BCUT2D eigenvalue weighted by atomic mass is 10.1. The Morgan fingerprint density at radius 1 is 1.32 bits per heavy atom. The van der Waals surface area contributed by atoms with E-state index >= 15 is 0 Å². The summed E-state index contributed by atoms with van der Waals surface area (Å²) < 4.78 is 9.99. The number of amides is 1. The number of nitrogens with one attached hydrogen (secondary N) is 1. The van der Waals surface area contributed by atoms with Crippen molar-refractivity contribution in [3.8, 4) is 0 Å². The monoisotopic (exact) mass is 261 g/mol. The Balaban J connectivity index is 2.37. The van der Waals surface area contributed by atoms with Gasteiger partial charge in [0.05, 0.1) is 19.1 Å². The first-order chi connectivity index (χ1) is 9.11. The van der Waals surface area contributed by atoms with Crippen LogP contribution >= 0.6 is 0 Å². The van der Waals surface area contributed by atoms with E-state index in [4.69, 9.17) is 17.3 Å².